The number of rotatable bonds is 6. The first-order chi connectivity index (χ1) is 9.88. The minimum Gasteiger partial charge on any atom is -0.377 e. The predicted octanol–water partition coefficient (Wildman–Crippen LogP) is 0.912. The van der Waals surface area contributed by atoms with Crippen molar-refractivity contribution in [3.05, 3.63) is 24.5 Å². The van der Waals surface area contributed by atoms with E-state index in [9.17, 15) is 9.59 Å². The van der Waals surface area contributed by atoms with Gasteiger partial charge in [-0.25, -0.2) is 4.79 Å². The number of anilines is 1. The van der Waals surface area contributed by atoms with Crippen LogP contribution in [0.3, 0.4) is 0 Å². The number of hydrogen-bond donors (Lipinski definition) is 2. The van der Waals surface area contributed by atoms with Crippen LogP contribution in [-0.4, -0.2) is 32.6 Å². The van der Waals surface area contributed by atoms with Gasteiger partial charge in [0, 0.05) is 38.5 Å². The molecule has 1 aromatic heterocycles. The summed E-state index contributed by atoms with van der Waals surface area (Å²) < 4.78 is 1.73. The first kappa shape index (κ1) is 16.9. The van der Waals surface area contributed by atoms with E-state index in [-0.39, 0.29) is 12.5 Å². The second-order valence-electron chi connectivity index (χ2n) is 5.61. The fraction of sp³-hybridized carbons (Fsp3) is 0.533. The van der Waals surface area contributed by atoms with Crippen molar-refractivity contribution in [3.8, 4) is 0 Å². The number of pyridine rings is 1. The lowest BCUT2D eigenvalue weighted by molar-refractivity contribution is -0.684. The summed E-state index contributed by atoms with van der Waals surface area (Å²) in [5.41, 5.74) is 1.05. The molecule has 0 spiro atoms. The van der Waals surface area contributed by atoms with E-state index < -0.39 is 6.03 Å². The summed E-state index contributed by atoms with van der Waals surface area (Å²) in [4.78, 5) is 25.2. The van der Waals surface area contributed by atoms with Gasteiger partial charge in [0.1, 0.15) is 0 Å². The van der Waals surface area contributed by atoms with E-state index in [1.54, 1.807) is 4.57 Å². The molecule has 3 amide bonds. The smallest absolute Gasteiger partial charge is 0.321 e. The predicted molar refractivity (Wildman–Crippen MR) is 82.0 cm³/mol. The Hall–Kier alpha value is -2.11. The molecule has 0 unspecified atom stereocenters. The van der Waals surface area contributed by atoms with E-state index in [0.29, 0.717) is 12.5 Å². The maximum atomic E-state index is 11.7. The average molecular weight is 293 g/mol. The van der Waals surface area contributed by atoms with E-state index in [4.69, 9.17) is 0 Å². The van der Waals surface area contributed by atoms with Crippen molar-refractivity contribution < 1.29 is 14.2 Å². The Morgan fingerprint density at radius 2 is 1.86 bits per heavy atom. The van der Waals surface area contributed by atoms with Gasteiger partial charge in [-0.2, -0.15) is 4.57 Å². The third-order valence-electron chi connectivity index (χ3n) is 2.98. The highest BCUT2D eigenvalue weighted by atomic mass is 16.2. The van der Waals surface area contributed by atoms with Crippen LogP contribution in [0.5, 0.6) is 0 Å². The number of urea groups is 1. The van der Waals surface area contributed by atoms with Crippen LogP contribution in [0.15, 0.2) is 24.5 Å². The van der Waals surface area contributed by atoms with Crippen LogP contribution < -0.4 is 20.1 Å². The van der Waals surface area contributed by atoms with Crippen LogP contribution >= 0.6 is 0 Å². The zero-order chi connectivity index (χ0) is 15.8. The molecule has 21 heavy (non-hydrogen) atoms. The highest BCUT2D eigenvalue weighted by Gasteiger charge is 2.12. The molecule has 0 saturated carbocycles. The summed E-state index contributed by atoms with van der Waals surface area (Å²) in [6.07, 6.45) is 4.51. The second kappa shape index (κ2) is 8.24. The van der Waals surface area contributed by atoms with Gasteiger partial charge in [-0.15, -0.1) is 0 Å². The lowest BCUT2D eigenvalue weighted by atomic mass is 10.1. The summed E-state index contributed by atoms with van der Waals surface area (Å²) >= 11 is 0. The van der Waals surface area contributed by atoms with Gasteiger partial charge in [-0.1, -0.05) is 13.8 Å². The molecule has 1 heterocycles. The van der Waals surface area contributed by atoms with Crippen molar-refractivity contribution in [2.75, 3.05) is 25.5 Å². The van der Waals surface area contributed by atoms with E-state index in [0.717, 1.165) is 12.1 Å². The Bertz CT molecular complexity index is 469. The molecule has 0 aliphatic heterocycles. The average Bonchev–Trinajstić information content (AvgIpc) is 2.38. The molecule has 1 rings (SSSR count). The summed E-state index contributed by atoms with van der Waals surface area (Å²) in [6, 6.07) is 3.39. The van der Waals surface area contributed by atoms with Gasteiger partial charge in [0.15, 0.2) is 12.4 Å². The molecular weight excluding hydrogens is 268 g/mol. The summed E-state index contributed by atoms with van der Waals surface area (Å²) in [7, 11) is 3.90. The number of amides is 3. The lowest BCUT2D eigenvalue weighted by Gasteiger charge is -2.10. The normalized spacial score (nSPS) is 10.3. The topological polar surface area (TPSA) is 65.3 Å². The second-order valence-corrected chi connectivity index (χ2v) is 5.61. The highest BCUT2D eigenvalue weighted by Crippen LogP contribution is 2.05. The minimum absolute atomic E-state index is 0.116. The van der Waals surface area contributed by atoms with Crippen LogP contribution in [0, 0.1) is 5.92 Å². The molecule has 2 N–H and O–H groups in total. The van der Waals surface area contributed by atoms with Crippen LogP contribution in [0.4, 0.5) is 10.5 Å². The molecule has 116 valence electrons. The van der Waals surface area contributed by atoms with Crippen LogP contribution in [0.1, 0.15) is 20.3 Å². The van der Waals surface area contributed by atoms with E-state index in [1.807, 2.05) is 43.5 Å². The summed E-state index contributed by atoms with van der Waals surface area (Å²) in [5, 5.41) is 4.99. The van der Waals surface area contributed by atoms with Gasteiger partial charge < -0.3 is 10.2 Å². The third kappa shape index (κ3) is 6.74. The van der Waals surface area contributed by atoms with Crippen molar-refractivity contribution in [1.82, 2.24) is 10.6 Å². The molecule has 0 fully saturated rings. The lowest BCUT2D eigenvalue weighted by Crippen LogP contribution is -2.47. The molecule has 0 atom stereocenters. The van der Waals surface area contributed by atoms with Crippen LogP contribution in [0.2, 0.25) is 0 Å². The molecule has 0 aliphatic carbocycles. The Morgan fingerprint density at radius 1 is 1.24 bits per heavy atom. The standard InChI is InChI=1S/C15H24N4O2/c1-12(2)5-8-16-15(21)17-14(20)11-19-9-6-13(7-10-19)18(3)4/h6-7,9-10,12H,5,8,11H2,1-4H3,(H-,16,17,20,21)/p+1. The zero-order valence-corrected chi connectivity index (χ0v) is 13.2. The number of nitrogens with one attached hydrogen (secondary N) is 2. The maximum Gasteiger partial charge on any atom is 0.321 e. The number of imide groups is 1. The molecule has 0 radical (unpaired) electrons. The maximum absolute atomic E-state index is 11.7. The Balaban J connectivity index is 2.37. The monoisotopic (exact) mass is 293 g/mol. The van der Waals surface area contributed by atoms with Crippen molar-refractivity contribution in [1.29, 1.82) is 0 Å². The fourth-order valence-corrected chi connectivity index (χ4v) is 1.70. The Kier molecular flexibility index (Phi) is 6.65. The summed E-state index contributed by atoms with van der Waals surface area (Å²) in [5.74, 6) is 0.186. The quantitative estimate of drug-likeness (QED) is 0.766. The van der Waals surface area contributed by atoms with E-state index in [2.05, 4.69) is 24.5 Å². The van der Waals surface area contributed by atoms with Gasteiger partial charge in [0.25, 0.3) is 5.91 Å². The SMILES string of the molecule is CC(C)CCNC(=O)NC(=O)C[n+]1ccc(N(C)C)cc1. The molecule has 6 heteroatoms. The number of aromatic nitrogens is 1. The van der Waals surface area contributed by atoms with Crippen molar-refractivity contribution in [2.45, 2.75) is 26.8 Å². The van der Waals surface area contributed by atoms with Crippen molar-refractivity contribution >= 4 is 17.6 Å². The minimum atomic E-state index is -0.439. The third-order valence-corrected chi connectivity index (χ3v) is 2.98. The fourth-order valence-electron chi connectivity index (χ4n) is 1.70. The van der Waals surface area contributed by atoms with Crippen LogP contribution in [0.25, 0.3) is 0 Å². The van der Waals surface area contributed by atoms with Crippen LogP contribution in [-0.2, 0) is 11.3 Å². The first-order valence-electron chi connectivity index (χ1n) is 7.12. The van der Waals surface area contributed by atoms with Gasteiger partial charge in [0.2, 0.25) is 6.54 Å². The van der Waals surface area contributed by atoms with Crippen molar-refractivity contribution in [3.63, 3.8) is 0 Å². The number of hydrogen-bond acceptors (Lipinski definition) is 3. The zero-order valence-electron chi connectivity index (χ0n) is 13.2. The van der Waals surface area contributed by atoms with Gasteiger partial charge >= 0.3 is 6.03 Å². The van der Waals surface area contributed by atoms with E-state index >= 15 is 0 Å². The first-order valence-corrected chi connectivity index (χ1v) is 7.12. The van der Waals surface area contributed by atoms with Crippen molar-refractivity contribution in [2.24, 2.45) is 5.92 Å². The Labute approximate surface area is 126 Å². The Morgan fingerprint density at radius 3 is 2.38 bits per heavy atom. The van der Waals surface area contributed by atoms with Gasteiger partial charge in [-0.05, 0) is 12.3 Å². The van der Waals surface area contributed by atoms with E-state index in [1.165, 1.54) is 0 Å². The number of carbonyl (C=O) groups excluding carboxylic acids is 2. The molecule has 0 aromatic carbocycles. The van der Waals surface area contributed by atoms with Gasteiger partial charge in [0.05, 0.1) is 0 Å². The molecule has 1 aromatic rings. The molecular formula is C15H25N4O2+. The molecule has 0 aliphatic rings. The molecule has 0 saturated heterocycles. The highest BCUT2D eigenvalue weighted by molar-refractivity contribution is 5.93. The number of carbonyl (C=O) groups is 2. The molecule has 0 bridgehead atoms. The largest absolute Gasteiger partial charge is 0.377 e. The van der Waals surface area contributed by atoms with Gasteiger partial charge in [-0.3, -0.25) is 10.1 Å². The number of nitrogens with zero attached hydrogens (tertiary/aromatic N) is 2. The molecule has 6 nitrogen and oxygen atoms in total. The summed E-state index contributed by atoms with van der Waals surface area (Å²) in [6.45, 7) is 4.85.